The van der Waals surface area contributed by atoms with E-state index in [0.29, 0.717) is 25.0 Å². The molecule has 0 bridgehead atoms. The molecule has 0 heterocycles. The lowest BCUT2D eigenvalue weighted by atomic mass is 9.76. The first-order valence-corrected chi connectivity index (χ1v) is 6.99. The van der Waals surface area contributed by atoms with E-state index in [1.807, 2.05) is 13.8 Å². The second-order valence-corrected chi connectivity index (χ2v) is 5.65. The number of carbonyl (C=O) groups is 1. The Kier molecular flexibility index (Phi) is 5.13. The third kappa shape index (κ3) is 3.29. The molecule has 20 heavy (non-hydrogen) atoms. The van der Waals surface area contributed by atoms with E-state index in [1.165, 1.54) is 6.08 Å². The van der Waals surface area contributed by atoms with Gasteiger partial charge < -0.3 is 9.84 Å². The van der Waals surface area contributed by atoms with Gasteiger partial charge in [-0.2, -0.15) is 5.26 Å². The lowest BCUT2D eigenvalue weighted by Gasteiger charge is -2.33. The Morgan fingerprint density at radius 2 is 2.15 bits per heavy atom. The standard InChI is InChI=1S/C16H23NO3/c1-5-20-14(18)10-13(4)6-7-16(19,12(2)3)15(11-17)8-9-15/h6-7,10,12,19H,5,8-9H2,1-4H3/b7-6+,13-10-. The molecule has 1 N–H and O–H groups in total. The van der Waals surface area contributed by atoms with Crippen LogP contribution in [-0.2, 0) is 9.53 Å². The molecule has 4 nitrogen and oxygen atoms in total. The Bertz CT molecular complexity index is 467. The number of nitrogens with zero attached hydrogens (tertiary/aromatic N) is 1. The predicted molar refractivity (Wildman–Crippen MR) is 76.6 cm³/mol. The van der Waals surface area contributed by atoms with E-state index in [4.69, 9.17) is 4.74 Å². The van der Waals surface area contributed by atoms with Crippen molar-refractivity contribution in [3.63, 3.8) is 0 Å². The zero-order valence-corrected chi connectivity index (χ0v) is 12.6. The van der Waals surface area contributed by atoms with Gasteiger partial charge in [0.25, 0.3) is 0 Å². The van der Waals surface area contributed by atoms with Gasteiger partial charge in [-0.05, 0) is 38.2 Å². The molecule has 1 fully saturated rings. The van der Waals surface area contributed by atoms with E-state index < -0.39 is 17.0 Å². The largest absolute Gasteiger partial charge is 0.463 e. The van der Waals surface area contributed by atoms with Crippen molar-refractivity contribution >= 4 is 5.97 Å². The number of nitriles is 1. The van der Waals surface area contributed by atoms with Crippen LogP contribution in [0, 0.1) is 22.7 Å². The first-order valence-electron chi connectivity index (χ1n) is 6.99. The summed E-state index contributed by atoms with van der Waals surface area (Å²) in [7, 11) is 0. The minimum atomic E-state index is -1.16. The summed E-state index contributed by atoms with van der Waals surface area (Å²) in [5.41, 5.74) is -1.15. The smallest absolute Gasteiger partial charge is 0.330 e. The van der Waals surface area contributed by atoms with Crippen molar-refractivity contribution in [2.24, 2.45) is 11.3 Å². The van der Waals surface area contributed by atoms with E-state index >= 15 is 0 Å². The van der Waals surface area contributed by atoms with Crippen LogP contribution in [0.3, 0.4) is 0 Å². The van der Waals surface area contributed by atoms with Crippen molar-refractivity contribution in [3.05, 3.63) is 23.8 Å². The topological polar surface area (TPSA) is 70.3 Å². The molecule has 1 rings (SSSR count). The van der Waals surface area contributed by atoms with Gasteiger partial charge in [-0.15, -0.1) is 0 Å². The second-order valence-electron chi connectivity index (χ2n) is 5.65. The Labute approximate surface area is 120 Å². The molecule has 0 aliphatic heterocycles. The molecule has 0 radical (unpaired) electrons. The van der Waals surface area contributed by atoms with Gasteiger partial charge in [0.2, 0.25) is 0 Å². The van der Waals surface area contributed by atoms with Crippen LogP contribution in [0.15, 0.2) is 23.8 Å². The van der Waals surface area contributed by atoms with Gasteiger partial charge in [0.15, 0.2) is 0 Å². The van der Waals surface area contributed by atoms with Crippen molar-refractivity contribution in [2.45, 2.75) is 46.1 Å². The third-order valence-electron chi connectivity index (χ3n) is 3.84. The molecule has 0 aromatic carbocycles. The molecule has 1 unspecified atom stereocenters. The summed E-state index contributed by atoms with van der Waals surface area (Å²) in [6, 6.07) is 2.25. The molecule has 1 saturated carbocycles. The molecule has 0 spiro atoms. The number of hydrogen-bond acceptors (Lipinski definition) is 4. The summed E-state index contributed by atoms with van der Waals surface area (Å²) in [5, 5.41) is 20.1. The van der Waals surface area contributed by atoms with Crippen LogP contribution in [0.5, 0.6) is 0 Å². The van der Waals surface area contributed by atoms with Gasteiger partial charge >= 0.3 is 5.97 Å². The summed E-state index contributed by atoms with van der Waals surface area (Å²) in [5.74, 6) is -0.472. The summed E-state index contributed by atoms with van der Waals surface area (Å²) < 4.78 is 4.83. The summed E-state index contributed by atoms with van der Waals surface area (Å²) in [4.78, 5) is 11.3. The monoisotopic (exact) mass is 277 g/mol. The highest BCUT2D eigenvalue weighted by atomic mass is 16.5. The Balaban J connectivity index is 2.90. The predicted octanol–water partition coefficient (Wildman–Crippen LogP) is 2.74. The van der Waals surface area contributed by atoms with Gasteiger partial charge in [-0.1, -0.05) is 26.0 Å². The molecule has 0 aromatic rings. The van der Waals surface area contributed by atoms with Crippen molar-refractivity contribution in [2.75, 3.05) is 6.61 Å². The lowest BCUT2D eigenvalue weighted by molar-refractivity contribution is -0.137. The number of esters is 1. The number of allylic oxidation sites excluding steroid dienone is 2. The first kappa shape index (κ1) is 16.5. The summed E-state index contributed by atoms with van der Waals surface area (Å²) in [6.07, 6.45) is 6.15. The van der Waals surface area contributed by atoms with E-state index in [9.17, 15) is 15.2 Å². The molecule has 1 aliphatic carbocycles. The quantitative estimate of drug-likeness (QED) is 0.460. The van der Waals surface area contributed by atoms with Crippen LogP contribution in [-0.4, -0.2) is 23.3 Å². The molecule has 1 aliphatic rings. The van der Waals surface area contributed by atoms with Crippen molar-refractivity contribution in [1.29, 1.82) is 5.26 Å². The second kappa shape index (κ2) is 6.23. The highest BCUT2D eigenvalue weighted by Gasteiger charge is 2.59. The first-order chi connectivity index (χ1) is 9.31. The average molecular weight is 277 g/mol. The lowest BCUT2D eigenvalue weighted by Crippen LogP contribution is -2.42. The number of hydrogen-bond donors (Lipinski definition) is 1. The van der Waals surface area contributed by atoms with Crippen LogP contribution in [0.25, 0.3) is 0 Å². The fourth-order valence-electron chi connectivity index (χ4n) is 2.31. The fourth-order valence-corrected chi connectivity index (χ4v) is 2.31. The maximum Gasteiger partial charge on any atom is 0.330 e. The maximum atomic E-state index is 11.3. The zero-order valence-electron chi connectivity index (χ0n) is 12.6. The number of carbonyl (C=O) groups excluding carboxylic acids is 1. The molecule has 0 amide bonds. The number of aliphatic hydroxyl groups is 1. The third-order valence-corrected chi connectivity index (χ3v) is 3.84. The van der Waals surface area contributed by atoms with Gasteiger partial charge in [0.05, 0.1) is 18.1 Å². The normalized spacial score (nSPS) is 20.6. The SMILES string of the molecule is CCOC(=O)/C=C(C)\C=C\C(O)(C(C)C)C1(C#N)CC1. The number of rotatable bonds is 6. The summed E-state index contributed by atoms with van der Waals surface area (Å²) in [6.45, 7) is 7.64. The van der Waals surface area contributed by atoms with Crippen LogP contribution in [0.1, 0.15) is 40.5 Å². The Morgan fingerprint density at radius 3 is 2.55 bits per heavy atom. The average Bonchev–Trinajstić information content (AvgIpc) is 3.17. The van der Waals surface area contributed by atoms with Crippen LogP contribution in [0.2, 0.25) is 0 Å². The van der Waals surface area contributed by atoms with E-state index in [0.717, 1.165) is 0 Å². The van der Waals surface area contributed by atoms with Crippen LogP contribution < -0.4 is 0 Å². The van der Waals surface area contributed by atoms with Crippen LogP contribution in [0.4, 0.5) is 0 Å². The Hall–Kier alpha value is -1.60. The maximum absolute atomic E-state index is 11.3. The number of ether oxygens (including phenoxy) is 1. The molecule has 0 aromatic heterocycles. The van der Waals surface area contributed by atoms with E-state index in [2.05, 4.69) is 6.07 Å². The minimum Gasteiger partial charge on any atom is -0.463 e. The molecular formula is C16H23NO3. The fraction of sp³-hybridized carbons (Fsp3) is 0.625. The minimum absolute atomic E-state index is 0.0729. The molecule has 1 atom stereocenters. The van der Waals surface area contributed by atoms with Crippen molar-refractivity contribution < 1.29 is 14.6 Å². The Morgan fingerprint density at radius 1 is 1.55 bits per heavy atom. The molecule has 110 valence electrons. The van der Waals surface area contributed by atoms with Gasteiger partial charge in [0, 0.05) is 6.08 Å². The van der Waals surface area contributed by atoms with Gasteiger partial charge in [0.1, 0.15) is 5.60 Å². The molecule has 4 heteroatoms. The van der Waals surface area contributed by atoms with Gasteiger partial charge in [-0.25, -0.2) is 4.79 Å². The van der Waals surface area contributed by atoms with E-state index in [-0.39, 0.29) is 5.92 Å². The molecular weight excluding hydrogens is 254 g/mol. The van der Waals surface area contributed by atoms with Gasteiger partial charge in [-0.3, -0.25) is 0 Å². The van der Waals surface area contributed by atoms with Crippen LogP contribution >= 0.6 is 0 Å². The van der Waals surface area contributed by atoms with Crippen molar-refractivity contribution in [3.8, 4) is 6.07 Å². The highest BCUT2D eigenvalue weighted by molar-refractivity contribution is 5.83. The molecule has 0 saturated heterocycles. The highest BCUT2D eigenvalue weighted by Crippen LogP contribution is 2.56. The summed E-state index contributed by atoms with van der Waals surface area (Å²) >= 11 is 0. The zero-order chi connectivity index (χ0) is 15.4. The van der Waals surface area contributed by atoms with Crippen molar-refractivity contribution in [1.82, 2.24) is 0 Å². The van der Waals surface area contributed by atoms with E-state index in [1.54, 1.807) is 26.0 Å².